The number of hydrogen-bond donors (Lipinski definition) is 0. The monoisotopic (exact) mass is 336 g/mol. The minimum atomic E-state index is -3.50. The Morgan fingerprint density at radius 2 is 1.78 bits per heavy atom. The molecule has 2 saturated carbocycles. The van der Waals surface area contributed by atoms with E-state index in [0.29, 0.717) is 11.5 Å². The van der Waals surface area contributed by atoms with Crippen molar-refractivity contribution in [2.24, 2.45) is 11.3 Å². The Balaban J connectivity index is 1.95. The summed E-state index contributed by atoms with van der Waals surface area (Å²) >= 11 is 0. The van der Waals surface area contributed by atoms with E-state index in [2.05, 4.69) is 0 Å². The molecule has 5 heteroatoms. The van der Waals surface area contributed by atoms with Crippen LogP contribution in [0.2, 0.25) is 0 Å². The van der Waals surface area contributed by atoms with E-state index in [1.54, 1.807) is 19.1 Å². The largest absolute Gasteiger partial charge is 0.466 e. The zero-order valence-corrected chi connectivity index (χ0v) is 14.6. The lowest BCUT2D eigenvalue weighted by molar-refractivity contribution is -0.145. The minimum Gasteiger partial charge on any atom is -0.466 e. The van der Waals surface area contributed by atoms with Gasteiger partial charge in [-0.3, -0.25) is 4.79 Å². The Labute approximate surface area is 138 Å². The molecule has 2 fully saturated rings. The van der Waals surface area contributed by atoms with E-state index in [0.717, 1.165) is 37.7 Å². The third-order valence-corrected chi connectivity index (χ3v) is 7.73. The molecule has 3 rings (SSSR count). The van der Waals surface area contributed by atoms with Gasteiger partial charge in [0.2, 0.25) is 0 Å². The quantitative estimate of drug-likeness (QED) is 0.792. The summed E-state index contributed by atoms with van der Waals surface area (Å²) in [7, 11) is -3.50. The topological polar surface area (TPSA) is 60.4 Å². The molecule has 0 heterocycles. The molecule has 126 valence electrons. The van der Waals surface area contributed by atoms with Crippen LogP contribution in [-0.2, 0) is 19.4 Å². The van der Waals surface area contributed by atoms with Crippen LogP contribution in [0.4, 0.5) is 0 Å². The first kappa shape index (κ1) is 16.5. The molecule has 2 aliphatic rings. The Morgan fingerprint density at radius 3 is 2.35 bits per heavy atom. The SMILES string of the molecule is CCOC(=O)[C@H]1[C@@H](S(=O)(=O)c2ccc(C)cc2)C12CCCCC2. The Morgan fingerprint density at radius 1 is 1.17 bits per heavy atom. The number of hydrogen-bond acceptors (Lipinski definition) is 4. The van der Waals surface area contributed by atoms with Gasteiger partial charge in [0, 0.05) is 5.41 Å². The molecular formula is C18H24O4S. The molecule has 4 nitrogen and oxygen atoms in total. The van der Waals surface area contributed by atoms with Crippen LogP contribution in [0.15, 0.2) is 29.2 Å². The summed E-state index contributed by atoms with van der Waals surface area (Å²) in [5, 5.41) is -0.614. The molecular weight excluding hydrogens is 312 g/mol. The maximum Gasteiger partial charge on any atom is 0.310 e. The summed E-state index contributed by atoms with van der Waals surface area (Å²) in [6.45, 7) is 3.98. The van der Waals surface area contributed by atoms with Gasteiger partial charge in [-0.15, -0.1) is 0 Å². The standard InChI is InChI=1S/C18H24O4S/c1-3-22-17(19)15-16(18(15)11-5-4-6-12-18)23(20,21)14-9-7-13(2)8-10-14/h7-10,15-16H,3-6,11-12H2,1-2H3/t15-,16-/m1/s1. The van der Waals surface area contributed by atoms with Gasteiger partial charge in [0.15, 0.2) is 9.84 Å². The Hall–Kier alpha value is -1.36. The molecule has 0 N–H and O–H groups in total. The average molecular weight is 336 g/mol. The van der Waals surface area contributed by atoms with Crippen LogP contribution in [0.1, 0.15) is 44.6 Å². The molecule has 0 aromatic heterocycles. The molecule has 2 atom stereocenters. The van der Waals surface area contributed by atoms with Gasteiger partial charge < -0.3 is 4.74 Å². The van der Waals surface area contributed by atoms with Crippen molar-refractivity contribution in [2.75, 3.05) is 6.61 Å². The summed E-state index contributed by atoms with van der Waals surface area (Å²) in [6, 6.07) is 6.92. The molecule has 1 aromatic carbocycles. The number of ether oxygens (including phenoxy) is 1. The van der Waals surface area contributed by atoms with E-state index in [-0.39, 0.29) is 5.97 Å². The van der Waals surface area contributed by atoms with Crippen molar-refractivity contribution < 1.29 is 17.9 Å². The minimum absolute atomic E-state index is 0.294. The van der Waals surface area contributed by atoms with Crippen LogP contribution >= 0.6 is 0 Å². The second-order valence-electron chi connectivity index (χ2n) is 6.80. The molecule has 1 spiro atoms. The van der Waals surface area contributed by atoms with Gasteiger partial charge in [-0.05, 0) is 38.8 Å². The predicted molar refractivity (Wildman–Crippen MR) is 87.8 cm³/mol. The van der Waals surface area contributed by atoms with Crippen molar-refractivity contribution in [2.45, 2.75) is 56.1 Å². The predicted octanol–water partition coefficient (Wildman–Crippen LogP) is 3.28. The number of sulfone groups is 1. The van der Waals surface area contributed by atoms with E-state index in [9.17, 15) is 13.2 Å². The van der Waals surface area contributed by atoms with Crippen LogP contribution < -0.4 is 0 Å². The Bertz CT molecular complexity index is 684. The van der Waals surface area contributed by atoms with E-state index in [4.69, 9.17) is 4.74 Å². The van der Waals surface area contributed by atoms with Gasteiger partial charge in [0.25, 0.3) is 0 Å². The second kappa shape index (κ2) is 5.93. The Kier molecular flexibility index (Phi) is 4.25. The number of carbonyl (C=O) groups excluding carboxylic acids is 1. The first-order valence-corrected chi connectivity index (χ1v) is 9.95. The molecule has 0 saturated heterocycles. The first-order valence-electron chi connectivity index (χ1n) is 8.41. The maximum atomic E-state index is 13.1. The summed E-state index contributed by atoms with van der Waals surface area (Å²) in [4.78, 5) is 12.7. The highest BCUT2D eigenvalue weighted by atomic mass is 32.2. The van der Waals surface area contributed by atoms with Crippen LogP contribution in [-0.4, -0.2) is 26.2 Å². The van der Waals surface area contributed by atoms with Gasteiger partial charge in [-0.25, -0.2) is 8.42 Å². The summed E-state index contributed by atoms with van der Waals surface area (Å²) in [5.74, 6) is -0.830. The summed E-state index contributed by atoms with van der Waals surface area (Å²) in [6.07, 6.45) is 4.73. The third kappa shape index (κ3) is 2.69. The van der Waals surface area contributed by atoms with Crippen molar-refractivity contribution in [3.63, 3.8) is 0 Å². The highest BCUT2D eigenvalue weighted by Crippen LogP contribution is 2.65. The first-order chi connectivity index (χ1) is 10.9. The number of esters is 1. The van der Waals surface area contributed by atoms with Crippen molar-refractivity contribution in [1.29, 1.82) is 0 Å². The van der Waals surface area contributed by atoms with Crippen LogP contribution in [0.3, 0.4) is 0 Å². The zero-order valence-electron chi connectivity index (χ0n) is 13.7. The number of rotatable bonds is 4. The van der Waals surface area contributed by atoms with E-state index >= 15 is 0 Å². The van der Waals surface area contributed by atoms with Crippen molar-refractivity contribution in [3.8, 4) is 0 Å². The summed E-state index contributed by atoms with van der Waals surface area (Å²) < 4.78 is 31.4. The lowest BCUT2D eigenvalue weighted by atomic mass is 9.84. The molecule has 1 aromatic rings. The van der Waals surface area contributed by atoms with Crippen LogP contribution in [0.25, 0.3) is 0 Å². The molecule has 0 bridgehead atoms. The van der Waals surface area contributed by atoms with E-state index < -0.39 is 26.4 Å². The molecule has 0 amide bonds. The van der Waals surface area contributed by atoms with Crippen molar-refractivity contribution >= 4 is 15.8 Å². The van der Waals surface area contributed by atoms with Gasteiger partial charge in [-0.1, -0.05) is 37.0 Å². The van der Waals surface area contributed by atoms with Gasteiger partial charge in [0.1, 0.15) is 0 Å². The number of carbonyl (C=O) groups is 1. The second-order valence-corrected chi connectivity index (χ2v) is 8.87. The van der Waals surface area contributed by atoms with Gasteiger partial charge in [0.05, 0.1) is 22.7 Å². The fourth-order valence-corrected chi connectivity index (χ4v) is 6.68. The highest BCUT2D eigenvalue weighted by Gasteiger charge is 2.73. The molecule has 2 aliphatic carbocycles. The molecule has 0 aliphatic heterocycles. The van der Waals surface area contributed by atoms with Crippen LogP contribution in [0, 0.1) is 18.3 Å². The van der Waals surface area contributed by atoms with Crippen molar-refractivity contribution in [3.05, 3.63) is 29.8 Å². The lowest BCUT2D eigenvalue weighted by Crippen LogP contribution is -2.18. The highest BCUT2D eigenvalue weighted by molar-refractivity contribution is 7.92. The zero-order chi connectivity index (χ0) is 16.7. The number of aryl methyl sites for hydroxylation is 1. The smallest absolute Gasteiger partial charge is 0.310 e. The normalized spacial score (nSPS) is 26.0. The summed E-state index contributed by atoms with van der Waals surface area (Å²) in [5.41, 5.74) is 0.628. The molecule has 23 heavy (non-hydrogen) atoms. The molecule has 0 radical (unpaired) electrons. The fraction of sp³-hybridized carbons (Fsp3) is 0.611. The number of benzene rings is 1. The van der Waals surface area contributed by atoms with Crippen molar-refractivity contribution in [1.82, 2.24) is 0 Å². The average Bonchev–Trinajstić information content (AvgIpc) is 3.17. The maximum absolute atomic E-state index is 13.1. The third-order valence-electron chi connectivity index (χ3n) is 5.39. The van der Waals surface area contributed by atoms with E-state index in [1.165, 1.54) is 0 Å². The van der Waals surface area contributed by atoms with E-state index in [1.807, 2.05) is 19.1 Å². The van der Waals surface area contributed by atoms with Gasteiger partial charge >= 0.3 is 5.97 Å². The van der Waals surface area contributed by atoms with Gasteiger partial charge in [-0.2, -0.15) is 0 Å². The van der Waals surface area contributed by atoms with Crippen LogP contribution in [0.5, 0.6) is 0 Å². The fourth-order valence-electron chi connectivity index (χ4n) is 4.21. The molecule has 0 unspecified atom stereocenters. The lowest BCUT2D eigenvalue weighted by Gasteiger charge is -2.22.